The van der Waals surface area contributed by atoms with E-state index >= 15 is 0 Å². The van der Waals surface area contributed by atoms with Crippen molar-refractivity contribution in [2.75, 3.05) is 6.54 Å². The fraction of sp³-hybridized carbons (Fsp3) is 0.550. The van der Waals surface area contributed by atoms with Crippen LogP contribution in [0.3, 0.4) is 0 Å². The highest BCUT2D eigenvalue weighted by molar-refractivity contribution is 5.92. The zero-order valence-corrected chi connectivity index (χ0v) is 15.9. The van der Waals surface area contributed by atoms with Crippen molar-refractivity contribution in [2.24, 2.45) is 11.7 Å². The van der Waals surface area contributed by atoms with E-state index in [4.69, 9.17) is 5.73 Å². The van der Waals surface area contributed by atoms with Gasteiger partial charge in [-0.05, 0) is 30.7 Å². The number of likely N-dealkylation sites (tertiary alicyclic amines) is 1. The Morgan fingerprint density at radius 2 is 1.96 bits per heavy atom. The molecule has 0 saturated carbocycles. The van der Waals surface area contributed by atoms with E-state index < -0.39 is 30.0 Å². The molecule has 1 aromatic rings. The Labute approximate surface area is 159 Å². The van der Waals surface area contributed by atoms with Crippen LogP contribution in [0, 0.1) is 5.92 Å². The fourth-order valence-electron chi connectivity index (χ4n) is 3.37. The number of hydrogen-bond donors (Lipinski definition) is 3. The van der Waals surface area contributed by atoms with Crippen molar-refractivity contribution in [1.82, 2.24) is 10.2 Å². The summed E-state index contributed by atoms with van der Waals surface area (Å²) >= 11 is 0. The molecule has 2 rings (SSSR count). The molecule has 2 amide bonds. The molecular formula is C20H29N3O4. The van der Waals surface area contributed by atoms with Gasteiger partial charge in [0.25, 0.3) is 0 Å². The number of nitrogens with zero attached hydrogens (tertiary/aromatic N) is 1. The molecular weight excluding hydrogens is 346 g/mol. The Balaban J connectivity index is 2.08. The Kier molecular flexibility index (Phi) is 7.36. The Hall–Kier alpha value is -2.41. The van der Waals surface area contributed by atoms with Crippen LogP contribution in [0.1, 0.15) is 38.7 Å². The van der Waals surface area contributed by atoms with Gasteiger partial charge >= 0.3 is 5.97 Å². The van der Waals surface area contributed by atoms with Crippen LogP contribution in [0.15, 0.2) is 30.3 Å². The number of aliphatic carboxylic acids is 1. The van der Waals surface area contributed by atoms with Crippen LogP contribution in [0.2, 0.25) is 0 Å². The van der Waals surface area contributed by atoms with Gasteiger partial charge in [0.1, 0.15) is 12.1 Å². The molecule has 0 radical (unpaired) electrons. The van der Waals surface area contributed by atoms with Gasteiger partial charge in [0, 0.05) is 6.54 Å². The molecule has 0 aliphatic carbocycles. The van der Waals surface area contributed by atoms with E-state index in [0.717, 1.165) is 5.56 Å². The number of rotatable bonds is 8. The lowest BCUT2D eigenvalue weighted by Gasteiger charge is -2.31. The first kappa shape index (κ1) is 20.9. The van der Waals surface area contributed by atoms with E-state index in [2.05, 4.69) is 5.32 Å². The molecule has 0 unspecified atom stereocenters. The maximum Gasteiger partial charge on any atom is 0.326 e. The van der Waals surface area contributed by atoms with Gasteiger partial charge in [-0.2, -0.15) is 0 Å². The van der Waals surface area contributed by atoms with Crippen molar-refractivity contribution in [3.05, 3.63) is 35.9 Å². The number of hydrogen-bond acceptors (Lipinski definition) is 4. The van der Waals surface area contributed by atoms with E-state index in [1.807, 2.05) is 44.2 Å². The van der Waals surface area contributed by atoms with Crippen LogP contribution >= 0.6 is 0 Å². The molecule has 148 valence electrons. The standard InChI is InChI=1S/C20H29N3O4/c1-3-13(2)17(19(25)23-11-7-10-16(23)20(26)27)22-18(24)15(21)12-14-8-5-4-6-9-14/h4-6,8-9,13,15-17H,3,7,10-12,21H2,1-2H3,(H,22,24)(H,26,27)/t13-,15-,16-,17-/m0/s1. The molecule has 7 heteroatoms. The largest absolute Gasteiger partial charge is 0.480 e. The highest BCUT2D eigenvalue weighted by Crippen LogP contribution is 2.21. The summed E-state index contributed by atoms with van der Waals surface area (Å²) in [5, 5.41) is 12.1. The second-order valence-electron chi connectivity index (χ2n) is 7.20. The van der Waals surface area contributed by atoms with E-state index in [1.54, 1.807) is 0 Å². The van der Waals surface area contributed by atoms with Crippen LogP contribution in [-0.4, -0.2) is 52.5 Å². The van der Waals surface area contributed by atoms with Crippen molar-refractivity contribution >= 4 is 17.8 Å². The van der Waals surface area contributed by atoms with Crippen LogP contribution in [0.5, 0.6) is 0 Å². The average molecular weight is 375 g/mol. The minimum atomic E-state index is -1.00. The number of carboxylic acids is 1. The van der Waals surface area contributed by atoms with Crippen molar-refractivity contribution in [1.29, 1.82) is 0 Å². The van der Waals surface area contributed by atoms with E-state index in [9.17, 15) is 19.5 Å². The molecule has 7 nitrogen and oxygen atoms in total. The van der Waals surface area contributed by atoms with E-state index in [-0.39, 0.29) is 11.8 Å². The summed E-state index contributed by atoms with van der Waals surface area (Å²) in [7, 11) is 0. The highest BCUT2D eigenvalue weighted by Gasteiger charge is 2.39. The van der Waals surface area contributed by atoms with Gasteiger partial charge in [0.05, 0.1) is 6.04 Å². The third-order valence-corrected chi connectivity index (χ3v) is 5.23. The first-order valence-corrected chi connectivity index (χ1v) is 9.48. The molecule has 1 aliphatic rings. The maximum atomic E-state index is 13.0. The summed E-state index contributed by atoms with van der Waals surface area (Å²) in [6.07, 6.45) is 2.14. The summed E-state index contributed by atoms with van der Waals surface area (Å²) in [6, 6.07) is 7.07. The molecule has 1 fully saturated rings. The van der Waals surface area contributed by atoms with Crippen molar-refractivity contribution < 1.29 is 19.5 Å². The van der Waals surface area contributed by atoms with Crippen LogP contribution in [0.4, 0.5) is 0 Å². The lowest BCUT2D eigenvalue weighted by molar-refractivity contribution is -0.150. The molecule has 27 heavy (non-hydrogen) atoms. The number of amides is 2. The summed E-state index contributed by atoms with van der Waals surface area (Å²) < 4.78 is 0. The summed E-state index contributed by atoms with van der Waals surface area (Å²) in [5.74, 6) is -1.87. The Morgan fingerprint density at radius 3 is 2.56 bits per heavy atom. The summed E-state index contributed by atoms with van der Waals surface area (Å²) in [4.78, 5) is 38.4. The molecule has 1 aromatic carbocycles. The van der Waals surface area contributed by atoms with Gasteiger partial charge in [0.15, 0.2) is 0 Å². The molecule has 0 spiro atoms. The topological polar surface area (TPSA) is 113 Å². The first-order valence-electron chi connectivity index (χ1n) is 9.48. The zero-order chi connectivity index (χ0) is 20.0. The lowest BCUT2D eigenvalue weighted by Crippen LogP contribution is -2.57. The van der Waals surface area contributed by atoms with Gasteiger partial charge in [-0.3, -0.25) is 9.59 Å². The smallest absolute Gasteiger partial charge is 0.326 e. The number of nitrogens with two attached hydrogens (primary N) is 1. The molecule has 0 aromatic heterocycles. The minimum Gasteiger partial charge on any atom is -0.480 e. The van der Waals surface area contributed by atoms with Gasteiger partial charge in [-0.25, -0.2) is 4.79 Å². The van der Waals surface area contributed by atoms with Crippen LogP contribution in [-0.2, 0) is 20.8 Å². The zero-order valence-electron chi connectivity index (χ0n) is 15.9. The number of carbonyl (C=O) groups excluding carboxylic acids is 2. The molecule has 4 N–H and O–H groups in total. The average Bonchev–Trinajstić information content (AvgIpc) is 3.15. The van der Waals surface area contributed by atoms with Crippen molar-refractivity contribution in [3.8, 4) is 0 Å². The second-order valence-corrected chi connectivity index (χ2v) is 7.20. The van der Waals surface area contributed by atoms with Gasteiger partial charge in [0.2, 0.25) is 11.8 Å². The second kappa shape index (κ2) is 9.50. The number of benzene rings is 1. The van der Waals surface area contributed by atoms with Crippen LogP contribution in [0.25, 0.3) is 0 Å². The van der Waals surface area contributed by atoms with E-state index in [1.165, 1.54) is 4.90 Å². The summed E-state index contributed by atoms with van der Waals surface area (Å²) in [5.41, 5.74) is 6.98. The number of nitrogens with one attached hydrogen (secondary N) is 1. The van der Waals surface area contributed by atoms with Gasteiger partial charge in [-0.1, -0.05) is 50.6 Å². The van der Waals surface area contributed by atoms with Gasteiger partial charge < -0.3 is 21.1 Å². The molecule has 1 heterocycles. The third kappa shape index (κ3) is 5.29. The van der Waals surface area contributed by atoms with Crippen molar-refractivity contribution in [3.63, 3.8) is 0 Å². The molecule has 1 saturated heterocycles. The predicted molar refractivity (Wildman–Crippen MR) is 102 cm³/mol. The molecule has 1 aliphatic heterocycles. The Morgan fingerprint density at radius 1 is 1.30 bits per heavy atom. The lowest BCUT2D eigenvalue weighted by atomic mass is 9.96. The minimum absolute atomic E-state index is 0.125. The quantitative estimate of drug-likeness (QED) is 0.631. The van der Waals surface area contributed by atoms with Crippen LogP contribution < -0.4 is 11.1 Å². The first-order chi connectivity index (χ1) is 12.8. The highest BCUT2D eigenvalue weighted by atomic mass is 16.4. The molecule has 4 atom stereocenters. The number of carboxylic acid groups (broad SMARTS) is 1. The fourth-order valence-corrected chi connectivity index (χ4v) is 3.37. The summed E-state index contributed by atoms with van der Waals surface area (Å²) in [6.45, 7) is 4.20. The van der Waals surface area contributed by atoms with Gasteiger partial charge in [-0.15, -0.1) is 0 Å². The predicted octanol–water partition coefficient (Wildman–Crippen LogP) is 1.16. The third-order valence-electron chi connectivity index (χ3n) is 5.23. The normalized spacial score (nSPS) is 20.0. The monoisotopic (exact) mass is 375 g/mol. The molecule has 0 bridgehead atoms. The van der Waals surface area contributed by atoms with Crippen molar-refractivity contribution in [2.45, 2.75) is 57.7 Å². The SMILES string of the molecule is CC[C@H](C)[C@H](NC(=O)[C@@H](N)Cc1ccccc1)C(=O)N1CCC[C@H]1C(=O)O. The Bertz CT molecular complexity index is 664. The number of carbonyl (C=O) groups is 3. The maximum absolute atomic E-state index is 13.0. The van der Waals surface area contributed by atoms with E-state index in [0.29, 0.717) is 32.2 Å².